The fraction of sp³-hybridized carbons (Fsp3) is 0.174. The van der Waals surface area contributed by atoms with Gasteiger partial charge in [-0.15, -0.1) is 0 Å². The summed E-state index contributed by atoms with van der Waals surface area (Å²) in [6.45, 7) is 6.22. The van der Waals surface area contributed by atoms with Crippen LogP contribution in [0.5, 0.6) is 0 Å². The first-order valence-electron chi connectivity index (χ1n) is 9.39. The second-order valence-electron chi connectivity index (χ2n) is 6.75. The first-order chi connectivity index (χ1) is 12.8. The molecule has 1 aromatic heterocycles. The molecule has 0 aliphatic rings. The van der Waals surface area contributed by atoms with Crippen molar-refractivity contribution in [3.8, 4) is 11.3 Å². The van der Waals surface area contributed by atoms with E-state index in [1.54, 1.807) is 10.6 Å². The molecule has 0 unspecified atom stereocenters. The van der Waals surface area contributed by atoms with Crippen molar-refractivity contribution in [3.63, 3.8) is 0 Å². The van der Waals surface area contributed by atoms with Crippen molar-refractivity contribution < 1.29 is 11.7 Å². The summed E-state index contributed by atoms with van der Waals surface area (Å²) in [4.78, 5) is 0. The van der Waals surface area contributed by atoms with Gasteiger partial charge in [0.2, 0.25) is 5.69 Å². The minimum absolute atomic E-state index is 0.118. The molecule has 4 aromatic rings. The minimum Gasteiger partial charge on any atom is -0.207 e. The number of rotatable bonds is 1. The summed E-state index contributed by atoms with van der Waals surface area (Å²) in [5, 5.41) is 3.04. The van der Waals surface area contributed by atoms with E-state index in [4.69, 9.17) is 2.74 Å². The van der Waals surface area contributed by atoms with Gasteiger partial charge in [0.05, 0.1) is 12.3 Å². The van der Waals surface area contributed by atoms with Crippen molar-refractivity contribution >= 4 is 21.5 Å². The Morgan fingerprint density at radius 3 is 2.48 bits per heavy atom. The Morgan fingerprint density at radius 1 is 0.920 bits per heavy atom. The summed E-state index contributed by atoms with van der Waals surface area (Å²) in [5.74, 6) is -0.335. The van der Waals surface area contributed by atoms with Crippen LogP contribution in [-0.4, -0.2) is 0 Å². The molecule has 0 aliphatic carbocycles. The van der Waals surface area contributed by atoms with E-state index in [0.717, 1.165) is 33.2 Å². The predicted octanol–water partition coefficient (Wildman–Crippen LogP) is 5.55. The van der Waals surface area contributed by atoms with Gasteiger partial charge in [-0.05, 0) is 66.9 Å². The van der Waals surface area contributed by atoms with Gasteiger partial charge in [0.15, 0.2) is 6.17 Å². The monoisotopic (exact) mass is 332 g/mol. The second-order valence-corrected chi connectivity index (χ2v) is 6.75. The molecule has 0 N–H and O–H groups in total. The van der Waals surface area contributed by atoms with Crippen molar-refractivity contribution in [2.75, 3.05) is 0 Å². The second kappa shape index (κ2) is 5.66. The fourth-order valence-corrected chi connectivity index (χ4v) is 3.61. The van der Waals surface area contributed by atoms with Gasteiger partial charge in [-0.3, -0.25) is 0 Å². The van der Waals surface area contributed by atoms with Gasteiger partial charge in [-0.1, -0.05) is 23.8 Å². The van der Waals surface area contributed by atoms with Crippen LogP contribution in [0.4, 0.5) is 4.39 Å². The normalized spacial score (nSPS) is 12.5. The number of nitrogens with zero attached hydrogens (tertiary/aromatic N) is 1. The average molecular weight is 332 g/mol. The molecule has 4 rings (SSSR count). The lowest BCUT2D eigenvalue weighted by Crippen LogP contribution is -2.30. The fourth-order valence-electron chi connectivity index (χ4n) is 3.61. The molecule has 3 aromatic carbocycles. The highest BCUT2D eigenvalue weighted by molar-refractivity contribution is 6.10. The predicted molar refractivity (Wildman–Crippen MR) is 102 cm³/mol. The van der Waals surface area contributed by atoms with Crippen LogP contribution >= 0.6 is 0 Å². The van der Waals surface area contributed by atoms with Gasteiger partial charge >= 0.3 is 0 Å². The molecular weight excluding hydrogens is 309 g/mol. The number of aromatic nitrogens is 1. The van der Waals surface area contributed by atoms with E-state index in [1.807, 2.05) is 19.2 Å². The van der Waals surface area contributed by atoms with Gasteiger partial charge in [-0.2, -0.15) is 0 Å². The van der Waals surface area contributed by atoms with Gasteiger partial charge in [-0.25, -0.2) is 8.96 Å². The Bertz CT molecular complexity index is 1250. The van der Waals surface area contributed by atoms with E-state index in [0.29, 0.717) is 10.8 Å². The number of pyridine rings is 1. The third-order valence-corrected chi connectivity index (χ3v) is 4.99. The average Bonchev–Trinajstić information content (AvgIpc) is 2.63. The maximum absolute atomic E-state index is 14.0. The zero-order valence-corrected chi connectivity index (χ0v) is 14.9. The quantitative estimate of drug-likeness (QED) is 0.318. The van der Waals surface area contributed by atoms with Crippen molar-refractivity contribution in [1.29, 1.82) is 0 Å². The summed E-state index contributed by atoms with van der Waals surface area (Å²) in [7, 11) is 1.82. The lowest BCUT2D eigenvalue weighted by molar-refractivity contribution is -0.659. The van der Waals surface area contributed by atoms with Crippen LogP contribution in [0.3, 0.4) is 0 Å². The standard InChI is InChI=1S/C23H21FN/c1-14-11-15(2)16(3)21(12-14)23-20-8-6-17-5-7-18(24)13-22(17)19(20)9-10-25(23)4/h5-13H,1-4H3/q+1/i9D,10D. The summed E-state index contributed by atoms with van der Waals surface area (Å²) >= 11 is 0. The lowest BCUT2D eigenvalue weighted by Gasteiger charge is -2.12. The first-order valence-corrected chi connectivity index (χ1v) is 8.39. The van der Waals surface area contributed by atoms with Crippen LogP contribution in [0.2, 0.25) is 0 Å². The lowest BCUT2D eigenvalue weighted by atomic mass is 9.93. The third kappa shape index (κ3) is 2.49. The summed E-state index contributed by atoms with van der Waals surface area (Å²) < 4.78 is 32.8. The van der Waals surface area contributed by atoms with E-state index in [1.165, 1.54) is 17.7 Å². The van der Waals surface area contributed by atoms with Crippen LogP contribution in [-0.2, 0) is 7.05 Å². The molecule has 0 fully saturated rings. The van der Waals surface area contributed by atoms with Crippen LogP contribution < -0.4 is 4.57 Å². The Labute approximate surface area is 150 Å². The molecule has 0 saturated carbocycles. The van der Waals surface area contributed by atoms with E-state index < -0.39 is 0 Å². The van der Waals surface area contributed by atoms with E-state index in [-0.39, 0.29) is 18.0 Å². The molecule has 0 bridgehead atoms. The zero-order valence-electron chi connectivity index (χ0n) is 16.9. The van der Waals surface area contributed by atoms with Crippen LogP contribution in [0, 0.1) is 26.6 Å². The van der Waals surface area contributed by atoms with Gasteiger partial charge in [0.1, 0.15) is 14.2 Å². The Kier molecular flexibility index (Phi) is 3.07. The van der Waals surface area contributed by atoms with Crippen molar-refractivity contribution in [1.82, 2.24) is 0 Å². The van der Waals surface area contributed by atoms with Crippen molar-refractivity contribution in [2.24, 2.45) is 7.05 Å². The molecule has 1 nitrogen and oxygen atoms in total. The van der Waals surface area contributed by atoms with Crippen molar-refractivity contribution in [2.45, 2.75) is 20.8 Å². The van der Waals surface area contributed by atoms with Crippen LogP contribution in [0.15, 0.2) is 54.7 Å². The molecule has 25 heavy (non-hydrogen) atoms. The van der Waals surface area contributed by atoms with Gasteiger partial charge < -0.3 is 0 Å². The zero-order chi connectivity index (χ0) is 19.5. The molecule has 2 heteroatoms. The molecule has 0 amide bonds. The largest absolute Gasteiger partial charge is 0.220 e. The number of hydrogen-bond acceptors (Lipinski definition) is 0. The number of halogens is 1. The van der Waals surface area contributed by atoms with E-state index >= 15 is 0 Å². The number of hydrogen-bond donors (Lipinski definition) is 0. The molecule has 0 spiro atoms. The maximum atomic E-state index is 14.0. The Morgan fingerprint density at radius 2 is 1.68 bits per heavy atom. The highest BCUT2D eigenvalue weighted by atomic mass is 19.1. The van der Waals surface area contributed by atoms with Gasteiger partial charge in [0.25, 0.3) is 0 Å². The Hall–Kier alpha value is -2.74. The highest BCUT2D eigenvalue weighted by Crippen LogP contribution is 2.33. The van der Waals surface area contributed by atoms with Crippen molar-refractivity contribution in [3.05, 3.63) is 77.2 Å². The Balaban J connectivity index is 2.26. The highest BCUT2D eigenvalue weighted by Gasteiger charge is 2.19. The molecule has 0 atom stereocenters. The van der Waals surface area contributed by atoms with E-state index in [2.05, 4.69) is 32.9 Å². The minimum atomic E-state index is -0.335. The van der Waals surface area contributed by atoms with Crippen LogP contribution in [0.1, 0.15) is 19.4 Å². The smallest absolute Gasteiger partial charge is 0.207 e. The van der Waals surface area contributed by atoms with E-state index in [9.17, 15) is 4.39 Å². The molecular formula is C23H21FN+. The number of aryl methyl sites for hydroxylation is 2. The summed E-state index contributed by atoms with van der Waals surface area (Å²) in [6.07, 6.45) is 0.118. The summed E-state index contributed by atoms with van der Waals surface area (Å²) in [6, 6.07) is 12.9. The molecule has 0 radical (unpaired) electrons. The number of fused-ring (bicyclic) bond motifs is 3. The molecule has 0 saturated heterocycles. The maximum Gasteiger partial charge on any atom is 0.220 e. The summed E-state index contributed by atoms with van der Waals surface area (Å²) in [5.41, 5.74) is 5.42. The topological polar surface area (TPSA) is 3.88 Å². The van der Waals surface area contributed by atoms with Crippen LogP contribution in [0.25, 0.3) is 32.8 Å². The van der Waals surface area contributed by atoms with Gasteiger partial charge in [0, 0.05) is 11.4 Å². The number of benzene rings is 3. The first kappa shape index (κ1) is 13.5. The molecule has 1 heterocycles. The molecule has 0 aliphatic heterocycles. The molecule has 124 valence electrons. The third-order valence-electron chi connectivity index (χ3n) is 4.99. The SMILES string of the molecule is [2H]c1c([2H])[n+](C)c(-c2cc(C)cc(C)c2C)c2ccc3ccc(F)cc3c12.